The van der Waals surface area contributed by atoms with Crippen LogP contribution in [0.25, 0.3) is 0 Å². The third kappa shape index (κ3) is 6.62. The summed E-state index contributed by atoms with van der Waals surface area (Å²) < 4.78 is 0. The first kappa shape index (κ1) is 20.8. The molecule has 1 N–H and O–H groups in total. The van der Waals surface area contributed by atoms with Crippen LogP contribution in [-0.2, 0) is 11.5 Å². The van der Waals surface area contributed by atoms with E-state index < -0.39 is 0 Å². The van der Waals surface area contributed by atoms with Crippen molar-refractivity contribution in [3.63, 3.8) is 0 Å². The van der Waals surface area contributed by atoms with Crippen molar-refractivity contribution in [3.05, 3.63) is 101 Å². The fourth-order valence-corrected chi connectivity index (χ4v) is 4.57. The van der Waals surface area contributed by atoms with Crippen molar-refractivity contribution in [2.75, 3.05) is 12.3 Å². The Labute approximate surface area is 180 Å². The summed E-state index contributed by atoms with van der Waals surface area (Å²) >= 11 is 9.39. The minimum Gasteiger partial charge on any atom is -0.351 e. The van der Waals surface area contributed by atoms with Crippen molar-refractivity contribution in [1.82, 2.24) is 5.32 Å². The molecule has 0 aliphatic carbocycles. The van der Waals surface area contributed by atoms with Crippen molar-refractivity contribution in [2.45, 2.75) is 16.4 Å². The zero-order valence-electron chi connectivity index (χ0n) is 15.4. The van der Waals surface area contributed by atoms with Crippen LogP contribution in [0.15, 0.2) is 83.8 Å². The van der Waals surface area contributed by atoms with Gasteiger partial charge in [0.05, 0.1) is 5.56 Å². The van der Waals surface area contributed by atoms with Gasteiger partial charge in [0.1, 0.15) is 0 Å². The largest absolute Gasteiger partial charge is 0.351 e. The molecular weight excluding hydrogens is 406 g/mol. The fraction of sp³-hybridized carbons (Fsp3) is 0.174. The standard InChI is InChI=1S/C23H22ClNOS2/c24-20-12-10-19(11-13-20)16-27-15-14-25-23(26)21-8-4-5-9-22(21)28-17-18-6-2-1-3-7-18/h1-13H,14-17H2,(H,25,26). The molecule has 1 amide bonds. The number of hydrogen-bond donors (Lipinski definition) is 1. The highest BCUT2D eigenvalue weighted by Crippen LogP contribution is 2.26. The predicted octanol–water partition coefficient (Wildman–Crippen LogP) is 6.30. The van der Waals surface area contributed by atoms with Gasteiger partial charge in [0, 0.05) is 33.7 Å². The van der Waals surface area contributed by atoms with Crippen LogP contribution in [0.1, 0.15) is 21.5 Å². The maximum atomic E-state index is 12.6. The highest BCUT2D eigenvalue weighted by atomic mass is 35.5. The summed E-state index contributed by atoms with van der Waals surface area (Å²) in [6, 6.07) is 26.0. The molecule has 0 unspecified atom stereocenters. The van der Waals surface area contributed by atoms with E-state index in [0.29, 0.717) is 6.54 Å². The van der Waals surface area contributed by atoms with Crippen LogP contribution in [0.4, 0.5) is 0 Å². The molecule has 0 bridgehead atoms. The molecule has 5 heteroatoms. The summed E-state index contributed by atoms with van der Waals surface area (Å²) in [6.07, 6.45) is 0. The average molecular weight is 428 g/mol. The first-order chi connectivity index (χ1) is 13.7. The topological polar surface area (TPSA) is 29.1 Å². The van der Waals surface area contributed by atoms with Crippen LogP contribution in [0, 0.1) is 0 Å². The quantitative estimate of drug-likeness (QED) is 0.321. The van der Waals surface area contributed by atoms with E-state index >= 15 is 0 Å². The minimum absolute atomic E-state index is 0.0109. The first-order valence-corrected chi connectivity index (χ1v) is 11.6. The Bertz CT molecular complexity index is 885. The van der Waals surface area contributed by atoms with Crippen molar-refractivity contribution >= 4 is 41.0 Å². The van der Waals surface area contributed by atoms with E-state index in [4.69, 9.17) is 11.6 Å². The van der Waals surface area contributed by atoms with Gasteiger partial charge < -0.3 is 5.32 Å². The highest BCUT2D eigenvalue weighted by molar-refractivity contribution is 7.98. The summed E-state index contributed by atoms with van der Waals surface area (Å²) in [5, 5.41) is 3.79. The van der Waals surface area contributed by atoms with Gasteiger partial charge in [-0.3, -0.25) is 4.79 Å². The SMILES string of the molecule is O=C(NCCSCc1ccc(Cl)cc1)c1ccccc1SCc1ccccc1. The Hall–Kier alpha value is -1.88. The molecule has 0 saturated heterocycles. The number of benzene rings is 3. The molecule has 0 atom stereocenters. The maximum absolute atomic E-state index is 12.6. The van der Waals surface area contributed by atoms with Gasteiger partial charge in [-0.05, 0) is 35.4 Å². The van der Waals surface area contributed by atoms with Gasteiger partial charge in [0.2, 0.25) is 0 Å². The van der Waals surface area contributed by atoms with E-state index in [0.717, 1.165) is 32.7 Å². The monoisotopic (exact) mass is 427 g/mol. The Kier molecular flexibility index (Phi) is 8.34. The van der Waals surface area contributed by atoms with Crippen molar-refractivity contribution in [2.24, 2.45) is 0 Å². The molecule has 0 heterocycles. The second-order valence-corrected chi connectivity index (χ2v) is 8.76. The molecule has 3 rings (SSSR count). The molecule has 0 aliphatic rings. The molecule has 144 valence electrons. The van der Waals surface area contributed by atoms with Crippen molar-refractivity contribution < 1.29 is 4.79 Å². The Morgan fingerprint density at radius 1 is 0.821 bits per heavy atom. The summed E-state index contributed by atoms with van der Waals surface area (Å²) in [7, 11) is 0. The van der Waals surface area contributed by atoms with Crippen molar-refractivity contribution in [3.8, 4) is 0 Å². The second kappa shape index (κ2) is 11.2. The Morgan fingerprint density at radius 3 is 2.29 bits per heavy atom. The first-order valence-electron chi connectivity index (χ1n) is 9.08. The molecule has 3 aromatic rings. The van der Waals surface area contributed by atoms with Gasteiger partial charge >= 0.3 is 0 Å². The Morgan fingerprint density at radius 2 is 1.50 bits per heavy atom. The summed E-state index contributed by atoms with van der Waals surface area (Å²) in [5.74, 6) is 2.62. The van der Waals surface area contributed by atoms with Gasteiger partial charge in [0.15, 0.2) is 0 Å². The zero-order chi connectivity index (χ0) is 19.6. The van der Waals surface area contributed by atoms with Crippen LogP contribution in [-0.4, -0.2) is 18.2 Å². The molecule has 28 heavy (non-hydrogen) atoms. The van der Waals surface area contributed by atoms with Gasteiger partial charge in [0.25, 0.3) is 5.91 Å². The molecule has 3 aromatic carbocycles. The van der Waals surface area contributed by atoms with Gasteiger partial charge in [-0.2, -0.15) is 11.8 Å². The van der Waals surface area contributed by atoms with Gasteiger partial charge in [-0.15, -0.1) is 11.8 Å². The van der Waals surface area contributed by atoms with Crippen LogP contribution in [0.5, 0.6) is 0 Å². The van der Waals surface area contributed by atoms with Crippen molar-refractivity contribution in [1.29, 1.82) is 0 Å². The third-order valence-corrected chi connectivity index (χ3v) is 6.51. The van der Waals surface area contributed by atoms with E-state index in [9.17, 15) is 4.79 Å². The second-order valence-electron chi connectivity index (χ2n) is 6.21. The number of rotatable bonds is 9. The number of nitrogens with one attached hydrogen (secondary N) is 1. The molecule has 0 radical (unpaired) electrons. The number of hydrogen-bond acceptors (Lipinski definition) is 3. The van der Waals surface area contributed by atoms with Crippen LogP contribution in [0.2, 0.25) is 5.02 Å². The zero-order valence-corrected chi connectivity index (χ0v) is 17.8. The lowest BCUT2D eigenvalue weighted by Gasteiger charge is -2.10. The summed E-state index contributed by atoms with van der Waals surface area (Å²) in [5.41, 5.74) is 3.23. The molecule has 0 aromatic heterocycles. The lowest BCUT2D eigenvalue weighted by atomic mass is 10.2. The Balaban J connectivity index is 1.45. The van der Waals surface area contributed by atoms with E-state index in [1.54, 1.807) is 23.5 Å². The molecule has 2 nitrogen and oxygen atoms in total. The van der Waals surface area contributed by atoms with Crippen LogP contribution < -0.4 is 5.32 Å². The molecule has 0 spiro atoms. The number of thioether (sulfide) groups is 2. The molecule has 0 saturated carbocycles. The smallest absolute Gasteiger partial charge is 0.252 e. The average Bonchev–Trinajstić information content (AvgIpc) is 2.74. The molecule has 0 aliphatic heterocycles. The predicted molar refractivity (Wildman–Crippen MR) is 122 cm³/mol. The van der Waals surface area contributed by atoms with Gasteiger partial charge in [-0.1, -0.05) is 66.2 Å². The lowest BCUT2D eigenvalue weighted by Crippen LogP contribution is -2.26. The molecule has 0 fully saturated rings. The fourth-order valence-electron chi connectivity index (χ4n) is 2.62. The highest BCUT2D eigenvalue weighted by Gasteiger charge is 2.11. The van der Waals surface area contributed by atoms with Crippen LogP contribution >= 0.6 is 35.1 Å². The van der Waals surface area contributed by atoms with E-state index in [-0.39, 0.29) is 5.91 Å². The van der Waals surface area contributed by atoms with E-state index in [1.165, 1.54) is 11.1 Å². The summed E-state index contributed by atoms with van der Waals surface area (Å²) in [4.78, 5) is 13.6. The number of halogens is 1. The number of carbonyl (C=O) groups is 1. The van der Waals surface area contributed by atoms with Gasteiger partial charge in [-0.25, -0.2) is 0 Å². The third-order valence-electron chi connectivity index (χ3n) is 4.08. The maximum Gasteiger partial charge on any atom is 0.252 e. The van der Waals surface area contributed by atoms with Crippen LogP contribution in [0.3, 0.4) is 0 Å². The van der Waals surface area contributed by atoms with E-state index in [1.807, 2.05) is 66.7 Å². The lowest BCUT2D eigenvalue weighted by molar-refractivity contribution is 0.0953. The number of carbonyl (C=O) groups excluding carboxylic acids is 1. The number of amides is 1. The minimum atomic E-state index is -0.0109. The summed E-state index contributed by atoms with van der Waals surface area (Å²) in [6.45, 7) is 0.648. The normalized spacial score (nSPS) is 10.6. The van der Waals surface area contributed by atoms with E-state index in [2.05, 4.69) is 17.4 Å². The molecular formula is C23H22ClNOS2.